The molecule has 0 radical (unpaired) electrons. The Morgan fingerprint density at radius 3 is 2.54 bits per heavy atom. The lowest BCUT2D eigenvalue weighted by molar-refractivity contribution is -0.117. The fourth-order valence-electron chi connectivity index (χ4n) is 1.98. The number of hydrogen-bond donors (Lipinski definition) is 1. The summed E-state index contributed by atoms with van der Waals surface area (Å²) in [5.41, 5.74) is 0. The number of nitrogens with one attached hydrogen (secondary N) is 1. The van der Waals surface area contributed by atoms with E-state index in [0.717, 1.165) is 18.8 Å². The van der Waals surface area contributed by atoms with E-state index in [1.807, 2.05) is 0 Å². The minimum atomic E-state index is -0.0278. The van der Waals surface area contributed by atoms with Crippen molar-refractivity contribution in [3.63, 3.8) is 0 Å². The molecule has 2 nitrogen and oxygen atoms in total. The van der Waals surface area contributed by atoms with Crippen LogP contribution in [0.15, 0.2) is 12.7 Å². The van der Waals surface area contributed by atoms with Gasteiger partial charge in [-0.2, -0.15) is 0 Å². The van der Waals surface area contributed by atoms with Crippen LogP contribution in [0.25, 0.3) is 0 Å². The van der Waals surface area contributed by atoms with Crippen LogP contribution in [0.1, 0.15) is 39.0 Å². The molecule has 0 saturated heterocycles. The first kappa shape index (κ1) is 10.3. The number of carbonyl (C=O) groups excluding carboxylic acids is 1. The van der Waals surface area contributed by atoms with Crippen molar-refractivity contribution in [3.05, 3.63) is 12.7 Å². The Labute approximate surface area is 80.4 Å². The average Bonchev–Trinajstić information content (AvgIpc) is 2.19. The number of amides is 1. The van der Waals surface area contributed by atoms with Gasteiger partial charge in [0, 0.05) is 6.04 Å². The molecule has 1 amide bonds. The molecule has 0 aromatic heterocycles. The summed E-state index contributed by atoms with van der Waals surface area (Å²) >= 11 is 0. The Morgan fingerprint density at radius 2 is 2.08 bits per heavy atom. The Kier molecular flexibility index (Phi) is 4.00. The van der Waals surface area contributed by atoms with Crippen LogP contribution < -0.4 is 5.32 Å². The molecule has 0 atom stereocenters. The molecule has 1 aliphatic carbocycles. The van der Waals surface area contributed by atoms with E-state index < -0.39 is 0 Å². The SMILES string of the molecule is C=CC(=O)N[C@H]1CC[C@@H](CC)CC1. The first-order chi connectivity index (χ1) is 6.26. The number of carbonyl (C=O) groups is 1. The molecule has 0 aliphatic heterocycles. The third kappa shape index (κ3) is 3.21. The maximum atomic E-state index is 11.0. The summed E-state index contributed by atoms with van der Waals surface area (Å²) in [5, 5.41) is 2.96. The van der Waals surface area contributed by atoms with Crippen LogP contribution in [-0.4, -0.2) is 11.9 Å². The summed E-state index contributed by atoms with van der Waals surface area (Å²) in [5.74, 6) is 0.858. The molecule has 1 fully saturated rings. The molecule has 2 heteroatoms. The third-order valence-corrected chi connectivity index (χ3v) is 2.96. The van der Waals surface area contributed by atoms with Crippen LogP contribution in [0, 0.1) is 5.92 Å². The maximum Gasteiger partial charge on any atom is 0.243 e. The molecule has 0 spiro atoms. The first-order valence-corrected chi connectivity index (χ1v) is 5.19. The zero-order valence-electron chi connectivity index (χ0n) is 8.38. The molecule has 1 rings (SSSR count). The third-order valence-electron chi connectivity index (χ3n) is 2.96. The lowest BCUT2D eigenvalue weighted by Crippen LogP contribution is -2.36. The molecule has 13 heavy (non-hydrogen) atoms. The Bertz CT molecular complexity index is 181. The molecule has 0 aromatic carbocycles. The molecular weight excluding hydrogens is 162 g/mol. The Balaban J connectivity index is 2.24. The minimum absolute atomic E-state index is 0.0278. The summed E-state index contributed by atoms with van der Waals surface area (Å²) in [6.07, 6.45) is 7.43. The molecule has 1 aliphatic rings. The van der Waals surface area contributed by atoms with E-state index in [1.165, 1.54) is 25.3 Å². The summed E-state index contributed by atoms with van der Waals surface area (Å²) in [7, 11) is 0. The smallest absolute Gasteiger partial charge is 0.243 e. The summed E-state index contributed by atoms with van der Waals surface area (Å²) in [4.78, 5) is 11.0. The average molecular weight is 181 g/mol. The van der Waals surface area contributed by atoms with Gasteiger partial charge in [-0.25, -0.2) is 0 Å². The second-order valence-corrected chi connectivity index (χ2v) is 3.84. The highest BCUT2D eigenvalue weighted by atomic mass is 16.1. The molecule has 1 N–H and O–H groups in total. The standard InChI is InChI=1S/C11H19NO/c1-3-9-5-7-10(8-6-9)12-11(13)4-2/h4,9-10H,2-3,5-8H2,1H3,(H,12,13)/t9-,10+. The van der Waals surface area contributed by atoms with Gasteiger partial charge < -0.3 is 5.32 Å². The van der Waals surface area contributed by atoms with Crippen molar-refractivity contribution in [1.29, 1.82) is 0 Å². The highest BCUT2D eigenvalue weighted by molar-refractivity contribution is 5.87. The van der Waals surface area contributed by atoms with Crippen molar-refractivity contribution in [2.45, 2.75) is 45.1 Å². The lowest BCUT2D eigenvalue weighted by atomic mass is 9.84. The molecule has 74 valence electrons. The van der Waals surface area contributed by atoms with Crippen LogP contribution in [0.5, 0.6) is 0 Å². The van der Waals surface area contributed by atoms with Gasteiger partial charge >= 0.3 is 0 Å². The first-order valence-electron chi connectivity index (χ1n) is 5.19. The van der Waals surface area contributed by atoms with E-state index in [1.54, 1.807) is 0 Å². The second kappa shape index (κ2) is 5.05. The van der Waals surface area contributed by atoms with Crippen LogP contribution in [0.2, 0.25) is 0 Å². The molecule has 0 bridgehead atoms. The molecule has 0 aromatic rings. The van der Waals surface area contributed by atoms with Gasteiger partial charge in [0.05, 0.1) is 0 Å². The van der Waals surface area contributed by atoms with Crippen LogP contribution >= 0.6 is 0 Å². The quantitative estimate of drug-likeness (QED) is 0.665. The van der Waals surface area contributed by atoms with Crippen molar-refractivity contribution in [2.24, 2.45) is 5.92 Å². The molecule has 0 unspecified atom stereocenters. The van der Waals surface area contributed by atoms with E-state index in [-0.39, 0.29) is 5.91 Å². The topological polar surface area (TPSA) is 29.1 Å². The van der Waals surface area contributed by atoms with Gasteiger partial charge in [0.2, 0.25) is 5.91 Å². The zero-order valence-corrected chi connectivity index (χ0v) is 8.38. The van der Waals surface area contributed by atoms with Gasteiger partial charge in [-0.05, 0) is 37.7 Å². The number of hydrogen-bond acceptors (Lipinski definition) is 1. The summed E-state index contributed by atoms with van der Waals surface area (Å²) in [6, 6.07) is 0.397. The van der Waals surface area contributed by atoms with Crippen molar-refractivity contribution in [3.8, 4) is 0 Å². The van der Waals surface area contributed by atoms with Gasteiger partial charge in [0.1, 0.15) is 0 Å². The predicted molar refractivity (Wildman–Crippen MR) is 54.4 cm³/mol. The van der Waals surface area contributed by atoms with Crippen LogP contribution in [0.3, 0.4) is 0 Å². The van der Waals surface area contributed by atoms with Gasteiger partial charge in [0.15, 0.2) is 0 Å². The van der Waals surface area contributed by atoms with Crippen LogP contribution in [-0.2, 0) is 4.79 Å². The van der Waals surface area contributed by atoms with E-state index in [0.29, 0.717) is 6.04 Å². The van der Waals surface area contributed by atoms with Gasteiger partial charge in [-0.3, -0.25) is 4.79 Å². The summed E-state index contributed by atoms with van der Waals surface area (Å²) in [6.45, 7) is 5.69. The fraction of sp³-hybridized carbons (Fsp3) is 0.727. The zero-order chi connectivity index (χ0) is 9.68. The molecular formula is C11H19NO. The van der Waals surface area contributed by atoms with Crippen molar-refractivity contribution in [2.75, 3.05) is 0 Å². The van der Waals surface area contributed by atoms with Crippen molar-refractivity contribution < 1.29 is 4.79 Å². The van der Waals surface area contributed by atoms with Crippen LogP contribution in [0.4, 0.5) is 0 Å². The van der Waals surface area contributed by atoms with E-state index >= 15 is 0 Å². The second-order valence-electron chi connectivity index (χ2n) is 3.84. The fourth-order valence-corrected chi connectivity index (χ4v) is 1.98. The highest BCUT2D eigenvalue weighted by Gasteiger charge is 2.20. The van der Waals surface area contributed by atoms with E-state index in [9.17, 15) is 4.79 Å². The molecule has 0 heterocycles. The predicted octanol–water partition coefficient (Wildman–Crippen LogP) is 2.26. The molecule has 1 saturated carbocycles. The summed E-state index contributed by atoms with van der Waals surface area (Å²) < 4.78 is 0. The highest BCUT2D eigenvalue weighted by Crippen LogP contribution is 2.26. The minimum Gasteiger partial charge on any atom is -0.350 e. The van der Waals surface area contributed by atoms with Gasteiger partial charge in [0.25, 0.3) is 0 Å². The lowest BCUT2D eigenvalue weighted by Gasteiger charge is -2.27. The normalized spacial score (nSPS) is 28.1. The van der Waals surface area contributed by atoms with Gasteiger partial charge in [-0.1, -0.05) is 19.9 Å². The van der Waals surface area contributed by atoms with Crippen molar-refractivity contribution in [1.82, 2.24) is 5.32 Å². The van der Waals surface area contributed by atoms with E-state index in [2.05, 4.69) is 18.8 Å². The Hall–Kier alpha value is -0.790. The largest absolute Gasteiger partial charge is 0.350 e. The van der Waals surface area contributed by atoms with Crippen molar-refractivity contribution >= 4 is 5.91 Å². The number of rotatable bonds is 3. The Morgan fingerprint density at radius 1 is 1.46 bits per heavy atom. The van der Waals surface area contributed by atoms with Gasteiger partial charge in [-0.15, -0.1) is 0 Å². The van der Waals surface area contributed by atoms with E-state index in [4.69, 9.17) is 0 Å². The maximum absolute atomic E-state index is 11.0. The monoisotopic (exact) mass is 181 g/mol.